The number of carbonyl (C=O) groups excluding carboxylic acids is 1. The Kier molecular flexibility index (Phi) is 3.56. The van der Waals surface area contributed by atoms with Crippen molar-refractivity contribution in [2.45, 2.75) is 12.2 Å². The minimum Gasteiger partial charge on any atom is -0.480 e. The molecule has 0 radical (unpaired) electrons. The van der Waals surface area contributed by atoms with Crippen LogP contribution in [0.3, 0.4) is 0 Å². The average molecular weight is 289 g/mol. The molecule has 1 unspecified atom stereocenters. The van der Waals surface area contributed by atoms with Gasteiger partial charge in [-0.15, -0.1) is 0 Å². The van der Waals surface area contributed by atoms with E-state index in [2.05, 4.69) is 0 Å². The molecule has 1 aliphatic rings. The molecule has 1 atom stereocenters. The number of benzene rings is 1. The zero-order chi connectivity index (χ0) is 14.9. The largest absolute Gasteiger partial charge is 0.480 e. The van der Waals surface area contributed by atoms with E-state index in [9.17, 15) is 22.8 Å². The van der Waals surface area contributed by atoms with Crippen LogP contribution in [-0.2, 0) is 15.7 Å². The van der Waals surface area contributed by atoms with Crippen LogP contribution in [0.15, 0.2) is 24.3 Å². The average Bonchev–Trinajstić information content (AvgIpc) is 2.70. The second kappa shape index (κ2) is 5.03. The molecule has 0 saturated carbocycles. The lowest BCUT2D eigenvalue weighted by Gasteiger charge is -2.20. The topological polar surface area (TPSA) is 66.8 Å². The van der Waals surface area contributed by atoms with Gasteiger partial charge in [0.05, 0.1) is 11.6 Å². The summed E-state index contributed by atoms with van der Waals surface area (Å²) in [7, 11) is 0. The molecule has 108 valence electrons. The summed E-state index contributed by atoms with van der Waals surface area (Å²) < 4.78 is 42.6. The fourth-order valence-corrected chi connectivity index (χ4v) is 1.97. The van der Waals surface area contributed by atoms with Gasteiger partial charge >= 0.3 is 18.2 Å². The number of amides is 1. The van der Waals surface area contributed by atoms with E-state index >= 15 is 0 Å². The van der Waals surface area contributed by atoms with Crippen molar-refractivity contribution in [1.29, 1.82) is 0 Å². The van der Waals surface area contributed by atoms with Gasteiger partial charge in [-0.1, -0.05) is 12.1 Å². The molecule has 1 aliphatic heterocycles. The molecule has 0 spiro atoms. The fraction of sp³-hybridized carbons (Fsp3) is 0.333. The summed E-state index contributed by atoms with van der Waals surface area (Å²) in [5, 5.41) is 8.71. The molecule has 2 rings (SSSR count). The first-order chi connectivity index (χ1) is 9.29. The molecular formula is C12H10F3NO4. The van der Waals surface area contributed by atoms with Gasteiger partial charge in [0.2, 0.25) is 0 Å². The number of hydrogen-bond acceptors (Lipinski definition) is 3. The van der Waals surface area contributed by atoms with Crippen molar-refractivity contribution in [1.82, 2.24) is 4.90 Å². The molecular weight excluding hydrogens is 279 g/mol. The zero-order valence-electron chi connectivity index (χ0n) is 10.1. The van der Waals surface area contributed by atoms with E-state index in [0.29, 0.717) is 0 Å². The van der Waals surface area contributed by atoms with Crippen molar-refractivity contribution in [2.24, 2.45) is 0 Å². The molecule has 20 heavy (non-hydrogen) atoms. The highest BCUT2D eigenvalue weighted by Crippen LogP contribution is 2.33. The van der Waals surface area contributed by atoms with E-state index in [1.807, 2.05) is 0 Å². The van der Waals surface area contributed by atoms with Crippen molar-refractivity contribution >= 4 is 12.1 Å². The highest BCUT2D eigenvalue weighted by molar-refractivity contribution is 5.78. The maximum absolute atomic E-state index is 12.6. The van der Waals surface area contributed by atoms with Crippen LogP contribution in [0.5, 0.6) is 0 Å². The number of carboxylic acids is 1. The van der Waals surface area contributed by atoms with Gasteiger partial charge in [0.15, 0.2) is 0 Å². The Morgan fingerprint density at radius 2 is 2.15 bits per heavy atom. The predicted octanol–water partition coefficient (Wildman–Crippen LogP) is 2.28. The number of halogens is 3. The second-order valence-electron chi connectivity index (χ2n) is 4.24. The number of alkyl halides is 3. The summed E-state index contributed by atoms with van der Waals surface area (Å²) in [5.74, 6) is -1.26. The third-order valence-corrected chi connectivity index (χ3v) is 2.88. The van der Waals surface area contributed by atoms with Gasteiger partial charge in [0.1, 0.15) is 13.2 Å². The smallest absolute Gasteiger partial charge is 0.416 e. The highest BCUT2D eigenvalue weighted by Gasteiger charge is 2.37. The number of carbonyl (C=O) groups is 2. The summed E-state index contributed by atoms with van der Waals surface area (Å²) in [6.45, 7) is -0.798. The molecule has 0 bridgehead atoms. The summed E-state index contributed by atoms with van der Waals surface area (Å²) in [6, 6.07) is 3.57. The summed E-state index contributed by atoms with van der Waals surface area (Å²) in [6.07, 6.45) is -5.35. The van der Waals surface area contributed by atoms with Gasteiger partial charge in [0.25, 0.3) is 0 Å². The zero-order valence-corrected chi connectivity index (χ0v) is 10.1. The first kappa shape index (κ1) is 14.2. The van der Waals surface area contributed by atoms with Gasteiger partial charge in [-0.25, -0.2) is 4.79 Å². The molecule has 5 nitrogen and oxygen atoms in total. The Labute approximate surface area is 111 Å². The summed E-state index contributed by atoms with van der Waals surface area (Å²) >= 11 is 0. The van der Waals surface area contributed by atoms with Crippen LogP contribution in [0.2, 0.25) is 0 Å². The number of carboxylic acid groups (broad SMARTS) is 1. The minimum absolute atomic E-state index is 0.173. The van der Waals surface area contributed by atoms with Gasteiger partial charge in [0, 0.05) is 0 Å². The normalized spacial score (nSPS) is 19.1. The van der Waals surface area contributed by atoms with Crippen LogP contribution in [0.1, 0.15) is 17.2 Å². The summed E-state index contributed by atoms with van der Waals surface area (Å²) in [5.41, 5.74) is -0.670. The molecule has 8 heteroatoms. The number of nitrogens with zero attached hydrogens (tertiary/aromatic N) is 1. The predicted molar refractivity (Wildman–Crippen MR) is 59.9 cm³/mol. The standard InChI is InChI=1S/C12H10F3NO4/c13-12(14,15)8-3-1-2-7(4-8)9-6-20-11(19)16(9)5-10(17)18/h1-4,9H,5-6H2,(H,17,18). The van der Waals surface area contributed by atoms with E-state index in [1.54, 1.807) is 0 Å². The number of ether oxygens (including phenoxy) is 1. The Morgan fingerprint density at radius 1 is 1.45 bits per heavy atom. The molecule has 1 amide bonds. The van der Waals surface area contributed by atoms with Crippen molar-refractivity contribution < 1.29 is 32.6 Å². The van der Waals surface area contributed by atoms with Crippen LogP contribution in [-0.4, -0.2) is 35.2 Å². The Bertz CT molecular complexity index is 544. The van der Waals surface area contributed by atoms with E-state index in [-0.39, 0.29) is 12.2 Å². The molecule has 1 N–H and O–H groups in total. The van der Waals surface area contributed by atoms with E-state index < -0.39 is 36.4 Å². The van der Waals surface area contributed by atoms with Crippen molar-refractivity contribution in [3.8, 4) is 0 Å². The Morgan fingerprint density at radius 3 is 2.75 bits per heavy atom. The molecule has 1 aromatic rings. The van der Waals surface area contributed by atoms with Crippen LogP contribution in [0.25, 0.3) is 0 Å². The van der Waals surface area contributed by atoms with Gasteiger partial charge in [-0.3, -0.25) is 9.69 Å². The monoisotopic (exact) mass is 289 g/mol. The lowest BCUT2D eigenvalue weighted by molar-refractivity contribution is -0.139. The Balaban J connectivity index is 2.30. The van der Waals surface area contributed by atoms with E-state index in [0.717, 1.165) is 17.0 Å². The number of cyclic esters (lactones) is 1. The maximum atomic E-state index is 12.6. The minimum atomic E-state index is -4.50. The Hall–Kier alpha value is -2.25. The number of rotatable bonds is 3. The highest BCUT2D eigenvalue weighted by atomic mass is 19.4. The number of hydrogen-bond donors (Lipinski definition) is 1. The van der Waals surface area contributed by atoms with Gasteiger partial charge in [-0.05, 0) is 17.7 Å². The quantitative estimate of drug-likeness (QED) is 0.927. The molecule has 1 heterocycles. The third-order valence-electron chi connectivity index (χ3n) is 2.88. The van der Waals surface area contributed by atoms with Crippen LogP contribution in [0, 0.1) is 0 Å². The molecule has 1 aromatic carbocycles. The lowest BCUT2D eigenvalue weighted by Crippen LogP contribution is -2.33. The van der Waals surface area contributed by atoms with Crippen molar-refractivity contribution in [3.63, 3.8) is 0 Å². The van der Waals surface area contributed by atoms with E-state index in [4.69, 9.17) is 9.84 Å². The SMILES string of the molecule is O=C(O)CN1C(=O)OCC1c1cccc(C(F)(F)F)c1. The van der Waals surface area contributed by atoms with Gasteiger partial charge < -0.3 is 9.84 Å². The molecule has 0 aliphatic carbocycles. The molecule has 0 aromatic heterocycles. The van der Waals surface area contributed by atoms with Crippen molar-refractivity contribution in [3.05, 3.63) is 35.4 Å². The number of aliphatic carboxylic acids is 1. The first-order valence-electron chi connectivity index (χ1n) is 5.61. The second-order valence-corrected chi connectivity index (χ2v) is 4.24. The fourth-order valence-electron chi connectivity index (χ4n) is 1.97. The van der Waals surface area contributed by atoms with Gasteiger partial charge in [-0.2, -0.15) is 13.2 Å². The van der Waals surface area contributed by atoms with E-state index in [1.165, 1.54) is 12.1 Å². The third kappa shape index (κ3) is 2.84. The molecule has 1 saturated heterocycles. The lowest BCUT2D eigenvalue weighted by atomic mass is 10.0. The van der Waals surface area contributed by atoms with Crippen LogP contribution < -0.4 is 0 Å². The van der Waals surface area contributed by atoms with Crippen LogP contribution >= 0.6 is 0 Å². The van der Waals surface area contributed by atoms with Crippen LogP contribution in [0.4, 0.5) is 18.0 Å². The summed E-state index contributed by atoms with van der Waals surface area (Å²) in [4.78, 5) is 23.0. The van der Waals surface area contributed by atoms with Crippen molar-refractivity contribution in [2.75, 3.05) is 13.2 Å². The first-order valence-corrected chi connectivity index (χ1v) is 5.61. The maximum Gasteiger partial charge on any atom is 0.416 e. The molecule has 1 fully saturated rings.